The van der Waals surface area contributed by atoms with Gasteiger partial charge in [0.15, 0.2) is 5.34 Å². The van der Waals surface area contributed by atoms with E-state index in [9.17, 15) is 4.79 Å². The highest BCUT2D eigenvalue weighted by Crippen LogP contribution is 2.08. The van der Waals surface area contributed by atoms with Crippen molar-refractivity contribution >= 4 is 21.9 Å². The van der Waals surface area contributed by atoms with Crippen LogP contribution in [0, 0.1) is 4.91 Å². The molecule has 1 aromatic rings. The minimum atomic E-state index is -0.964. The number of carbonyl (C=O) groups is 1. The van der Waals surface area contributed by atoms with Gasteiger partial charge in [-0.1, -0.05) is 0 Å². The Morgan fingerprint density at radius 3 is 2.38 bits per heavy atom. The van der Waals surface area contributed by atoms with Crippen molar-refractivity contribution in [3.63, 3.8) is 0 Å². The van der Waals surface area contributed by atoms with E-state index in [2.05, 4.69) is 20.9 Å². The molecule has 0 aromatic carbocycles. The number of halogens is 1. The largest absolute Gasteiger partial charge is 0.478 e. The SMILES string of the molecule is O=C(O)c1cncc(Br)c1.O=NO. The van der Waals surface area contributed by atoms with E-state index in [-0.39, 0.29) is 5.56 Å². The van der Waals surface area contributed by atoms with Gasteiger partial charge in [-0.2, -0.15) is 0 Å². The van der Waals surface area contributed by atoms with Gasteiger partial charge in [0.2, 0.25) is 0 Å². The Bertz CT molecular complexity index is 304. The molecule has 0 amide bonds. The number of hydrogen-bond acceptors (Lipinski definition) is 4. The van der Waals surface area contributed by atoms with E-state index < -0.39 is 5.97 Å². The molecule has 0 atom stereocenters. The third-order valence-corrected chi connectivity index (χ3v) is 1.39. The zero-order valence-corrected chi connectivity index (χ0v) is 7.80. The van der Waals surface area contributed by atoms with Crippen LogP contribution < -0.4 is 0 Å². The van der Waals surface area contributed by atoms with Gasteiger partial charge in [-0.05, 0) is 22.0 Å². The first kappa shape index (κ1) is 11.5. The molecular weight excluding hydrogens is 244 g/mol. The first-order valence-corrected chi connectivity index (χ1v) is 3.71. The molecule has 0 saturated carbocycles. The van der Waals surface area contributed by atoms with Crippen LogP contribution in [0.4, 0.5) is 0 Å². The number of aromatic carboxylic acids is 1. The lowest BCUT2D eigenvalue weighted by Gasteiger charge is -1.91. The summed E-state index contributed by atoms with van der Waals surface area (Å²) in [4.78, 5) is 22.1. The molecule has 70 valence electrons. The molecule has 0 saturated heterocycles. The molecule has 1 heterocycles. The average molecular weight is 249 g/mol. The quantitative estimate of drug-likeness (QED) is 0.582. The topological polar surface area (TPSA) is 99.8 Å². The van der Waals surface area contributed by atoms with Gasteiger partial charge in [-0.25, -0.2) is 4.79 Å². The molecule has 0 unspecified atom stereocenters. The number of rotatable bonds is 1. The zero-order valence-electron chi connectivity index (χ0n) is 6.22. The summed E-state index contributed by atoms with van der Waals surface area (Å²) in [6.07, 6.45) is 2.83. The summed E-state index contributed by atoms with van der Waals surface area (Å²) in [5, 5.41) is 16.3. The van der Waals surface area contributed by atoms with Gasteiger partial charge in [-0.15, -0.1) is 4.91 Å². The van der Waals surface area contributed by atoms with Crippen molar-refractivity contribution in [2.45, 2.75) is 0 Å². The van der Waals surface area contributed by atoms with Gasteiger partial charge in [0, 0.05) is 16.9 Å². The number of aromatic nitrogens is 1. The maximum atomic E-state index is 10.3. The Labute approximate surface area is 81.3 Å². The number of carboxylic acids is 1. The van der Waals surface area contributed by atoms with Crippen LogP contribution in [0.5, 0.6) is 0 Å². The van der Waals surface area contributed by atoms with Crippen molar-refractivity contribution in [2.75, 3.05) is 0 Å². The zero-order chi connectivity index (χ0) is 10.3. The number of carboxylic acid groups (broad SMARTS) is 1. The Morgan fingerprint density at radius 2 is 2.08 bits per heavy atom. The van der Waals surface area contributed by atoms with Crippen molar-refractivity contribution in [2.24, 2.45) is 5.34 Å². The highest BCUT2D eigenvalue weighted by atomic mass is 79.9. The lowest BCUT2D eigenvalue weighted by molar-refractivity contribution is 0.0696. The van der Waals surface area contributed by atoms with Crippen molar-refractivity contribution < 1.29 is 15.1 Å². The van der Waals surface area contributed by atoms with E-state index in [1.807, 2.05) is 0 Å². The predicted octanol–water partition coefficient (Wildman–Crippen LogP) is 1.68. The third kappa shape index (κ3) is 4.86. The molecule has 0 aliphatic carbocycles. The van der Waals surface area contributed by atoms with Crippen LogP contribution >= 0.6 is 15.9 Å². The monoisotopic (exact) mass is 248 g/mol. The van der Waals surface area contributed by atoms with Crippen molar-refractivity contribution in [3.05, 3.63) is 33.4 Å². The fourth-order valence-corrected chi connectivity index (χ4v) is 0.894. The number of hydrogen-bond donors (Lipinski definition) is 2. The van der Waals surface area contributed by atoms with E-state index in [4.69, 9.17) is 15.2 Å². The maximum Gasteiger partial charge on any atom is 0.337 e. The molecule has 1 rings (SSSR count). The molecule has 6 nitrogen and oxygen atoms in total. The molecule has 0 bridgehead atoms. The standard InChI is InChI=1S/C6H4BrNO2.HNO2/c7-5-1-4(6(9)10)2-8-3-5;2-1-3/h1-3H,(H,9,10);(H,2,3). The molecule has 13 heavy (non-hydrogen) atoms. The molecular formula is C6H5BrN2O4. The third-order valence-electron chi connectivity index (χ3n) is 0.952. The van der Waals surface area contributed by atoms with E-state index in [0.717, 1.165) is 0 Å². The van der Waals surface area contributed by atoms with Gasteiger partial charge < -0.3 is 10.3 Å². The minimum Gasteiger partial charge on any atom is -0.478 e. The molecule has 1 aromatic heterocycles. The number of pyridine rings is 1. The fraction of sp³-hybridized carbons (Fsp3) is 0. The van der Waals surface area contributed by atoms with Gasteiger partial charge >= 0.3 is 5.97 Å². The minimum absolute atomic E-state index is 0.189. The summed E-state index contributed by atoms with van der Waals surface area (Å²) in [6, 6.07) is 1.50. The van der Waals surface area contributed by atoms with Gasteiger partial charge in [0.1, 0.15) is 0 Å². The van der Waals surface area contributed by atoms with Crippen LogP contribution in [0.25, 0.3) is 0 Å². The van der Waals surface area contributed by atoms with Crippen LogP contribution in [0.3, 0.4) is 0 Å². The van der Waals surface area contributed by atoms with Gasteiger partial charge in [0.05, 0.1) is 5.56 Å². The summed E-state index contributed by atoms with van der Waals surface area (Å²) in [6.45, 7) is 0. The molecule has 7 heteroatoms. The second kappa shape index (κ2) is 6.06. The second-order valence-electron chi connectivity index (χ2n) is 1.78. The Kier molecular flexibility index (Phi) is 5.37. The van der Waals surface area contributed by atoms with Gasteiger partial charge in [-0.3, -0.25) is 4.98 Å². The van der Waals surface area contributed by atoms with E-state index in [1.54, 1.807) is 0 Å². The van der Waals surface area contributed by atoms with Crippen molar-refractivity contribution in [1.82, 2.24) is 4.98 Å². The molecule has 0 aliphatic rings. The first-order chi connectivity index (χ1) is 6.11. The van der Waals surface area contributed by atoms with E-state index in [0.29, 0.717) is 4.47 Å². The van der Waals surface area contributed by atoms with E-state index in [1.165, 1.54) is 23.8 Å². The van der Waals surface area contributed by atoms with Crippen molar-refractivity contribution in [1.29, 1.82) is 0 Å². The van der Waals surface area contributed by atoms with E-state index >= 15 is 0 Å². The van der Waals surface area contributed by atoms with Crippen LogP contribution in [-0.4, -0.2) is 21.3 Å². The van der Waals surface area contributed by atoms with Crippen LogP contribution in [0.2, 0.25) is 0 Å². The summed E-state index contributed by atoms with van der Waals surface area (Å²) in [5.41, 5.74) is 0.189. The molecule has 0 fully saturated rings. The lowest BCUT2D eigenvalue weighted by atomic mass is 10.3. The summed E-state index contributed by atoms with van der Waals surface area (Å²) in [7, 11) is 0. The van der Waals surface area contributed by atoms with Crippen molar-refractivity contribution in [3.8, 4) is 0 Å². The summed E-state index contributed by atoms with van der Waals surface area (Å²) >= 11 is 3.10. The highest BCUT2D eigenvalue weighted by molar-refractivity contribution is 9.10. The predicted molar refractivity (Wildman–Crippen MR) is 46.5 cm³/mol. The average Bonchev–Trinajstić information content (AvgIpc) is 2.05. The normalized spacial score (nSPS) is 8.08. The highest BCUT2D eigenvalue weighted by Gasteiger charge is 2.01. The Hall–Kier alpha value is -1.50. The van der Waals surface area contributed by atoms with Crippen LogP contribution in [-0.2, 0) is 0 Å². The summed E-state index contributed by atoms with van der Waals surface area (Å²) < 4.78 is 0.674. The fourth-order valence-electron chi connectivity index (χ4n) is 0.529. The first-order valence-electron chi connectivity index (χ1n) is 2.92. The summed E-state index contributed by atoms with van der Waals surface area (Å²) in [5.74, 6) is -0.964. The Balaban J connectivity index is 0.000000424. The second-order valence-corrected chi connectivity index (χ2v) is 2.69. The van der Waals surface area contributed by atoms with Crippen LogP contribution in [0.1, 0.15) is 10.4 Å². The maximum absolute atomic E-state index is 10.3. The lowest BCUT2D eigenvalue weighted by Crippen LogP contribution is -1.95. The Morgan fingerprint density at radius 1 is 1.54 bits per heavy atom. The molecule has 0 spiro atoms. The molecule has 0 aliphatic heterocycles. The number of nitrogens with zero attached hydrogens (tertiary/aromatic N) is 2. The molecule has 2 N–H and O–H groups in total. The molecule has 0 radical (unpaired) electrons. The smallest absolute Gasteiger partial charge is 0.337 e. The van der Waals surface area contributed by atoms with Crippen LogP contribution in [0.15, 0.2) is 28.3 Å². The van der Waals surface area contributed by atoms with Gasteiger partial charge in [0.25, 0.3) is 0 Å².